The highest BCUT2D eigenvalue weighted by Gasteiger charge is 2.16. The lowest BCUT2D eigenvalue weighted by atomic mass is 9.98. The third-order valence-electron chi connectivity index (χ3n) is 1.53. The number of aliphatic hydroxyl groups excluding tert-OH is 1. The first kappa shape index (κ1) is 6.49. The van der Waals surface area contributed by atoms with E-state index in [1.165, 1.54) is 6.08 Å². The van der Waals surface area contributed by atoms with Gasteiger partial charge in [0.1, 0.15) is 6.10 Å². The second-order valence-electron chi connectivity index (χ2n) is 2.45. The minimum atomic E-state index is -0.728. The standard InChI is InChI=1S/C7H10O2/c1-5-2-3-6(8)7(9)4-5/h4,6,8H,2-3H2,1H3/t6-/m1/s1. The Labute approximate surface area is 54.2 Å². The molecule has 0 spiro atoms. The molecule has 0 unspecified atom stereocenters. The van der Waals surface area contributed by atoms with E-state index in [1.807, 2.05) is 6.92 Å². The molecule has 50 valence electrons. The lowest BCUT2D eigenvalue weighted by Crippen LogP contribution is -2.21. The Kier molecular flexibility index (Phi) is 1.67. The van der Waals surface area contributed by atoms with Gasteiger partial charge in [-0.2, -0.15) is 0 Å². The summed E-state index contributed by atoms with van der Waals surface area (Å²) < 4.78 is 0. The molecule has 0 aromatic heterocycles. The van der Waals surface area contributed by atoms with E-state index in [0.717, 1.165) is 12.0 Å². The number of carbonyl (C=O) groups is 1. The molecule has 0 bridgehead atoms. The zero-order valence-electron chi connectivity index (χ0n) is 5.42. The van der Waals surface area contributed by atoms with E-state index >= 15 is 0 Å². The van der Waals surface area contributed by atoms with Gasteiger partial charge in [-0.3, -0.25) is 4.79 Å². The Morgan fingerprint density at radius 3 is 2.89 bits per heavy atom. The second kappa shape index (κ2) is 2.31. The first-order valence-electron chi connectivity index (χ1n) is 3.09. The van der Waals surface area contributed by atoms with Crippen LogP contribution < -0.4 is 0 Å². The predicted octanol–water partition coefficient (Wildman–Crippen LogP) is 0.657. The van der Waals surface area contributed by atoms with Crippen molar-refractivity contribution in [2.75, 3.05) is 0 Å². The molecule has 0 fully saturated rings. The fourth-order valence-corrected chi connectivity index (χ4v) is 0.918. The number of allylic oxidation sites excluding steroid dienone is 1. The van der Waals surface area contributed by atoms with Crippen molar-refractivity contribution in [2.24, 2.45) is 0 Å². The fraction of sp³-hybridized carbons (Fsp3) is 0.571. The Balaban J connectivity index is 2.70. The van der Waals surface area contributed by atoms with Crippen LogP contribution in [0.25, 0.3) is 0 Å². The maximum Gasteiger partial charge on any atom is 0.184 e. The molecular formula is C7H10O2. The van der Waals surface area contributed by atoms with Crippen LogP contribution in [-0.2, 0) is 4.79 Å². The summed E-state index contributed by atoms with van der Waals surface area (Å²) in [7, 11) is 0. The van der Waals surface area contributed by atoms with Crippen molar-refractivity contribution in [3.8, 4) is 0 Å². The molecule has 0 aromatic carbocycles. The summed E-state index contributed by atoms with van der Waals surface area (Å²) in [5.74, 6) is -0.140. The number of rotatable bonds is 0. The number of hydrogen-bond donors (Lipinski definition) is 1. The summed E-state index contributed by atoms with van der Waals surface area (Å²) in [6.45, 7) is 1.91. The van der Waals surface area contributed by atoms with Crippen molar-refractivity contribution in [3.05, 3.63) is 11.6 Å². The maximum absolute atomic E-state index is 10.7. The van der Waals surface area contributed by atoms with Crippen LogP contribution >= 0.6 is 0 Å². The number of aliphatic hydroxyl groups is 1. The van der Waals surface area contributed by atoms with Gasteiger partial charge in [-0.1, -0.05) is 5.57 Å². The molecule has 0 saturated heterocycles. The van der Waals surface area contributed by atoms with Crippen molar-refractivity contribution in [1.29, 1.82) is 0 Å². The van der Waals surface area contributed by atoms with E-state index in [4.69, 9.17) is 5.11 Å². The summed E-state index contributed by atoms with van der Waals surface area (Å²) in [5, 5.41) is 8.90. The molecule has 2 nitrogen and oxygen atoms in total. The summed E-state index contributed by atoms with van der Waals surface area (Å²) in [4.78, 5) is 10.7. The van der Waals surface area contributed by atoms with Crippen LogP contribution in [0.4, 0.5) is 0 Å². The van der Waals surface area contributed by atoms with Gasteiger partial charge >= 0.3 is 0 Å². The van der Waals surface area contributed by atoms with E-state index < -0.39 is 6.10 Å². The van der Waals surface area contributed by atoms with Crippen molar-refractivity contribution >= 4 is 5.78 Å². The number of ketones is 1. The zero-order chi connectivity index (χ0) is 6.85. The molecule has 0 aliphatic heterocycles. The molecule has 1 aliphatic carbocycles. The van der Waals surface area contributed by atoms with Crippen LogP contribution in [0, 0.1) is 0 Å². The highest BCUT2D eigenvalue weighted by atomic mass is 16.3. The smallest absolute Gasteiger partial charge is 0.184 e. The van der Waals surface area contributed by atoms with Gasteiger partial charge in [-0.25, -0.2) is 0 Å². The van der Waals surface area contributed by atoms with Crippen molar-refractivity contribution in [3.63, 3.8) is 0 Å². The largest absolute Gasteiger partial charge is 0.385 e. The molecule has 1 atom stereocenters. The van der Waals surface area contributed by atoms with Gasteiger partial charge in [-0.05, 0) is 25.8 Å². The molecule has 1 aliphatic rings. The maximum atomic E-state index is 10.7. The fourth-order valence-electron chi connectivity index (χ4n) is 0.918. The average Bonchev–Trinajstić information content (AvgIpc) is 1.80. The predicted molar refractivity (Wildman–Crippen MR) is 34.0 cm³/mol. The molecule has 0 radical (unpaired) electrons. The van der Waals surface area contributed by atoms with E-state index in [9.17, 15) is 4.79 Å². The Morgan fingerprint density at radius 2 is 2.44 bits per heavy atom. The summed E-state index contributed by atoms with van der Waals surface area (Å²) >= 11 is 0. The number of carbonyl (C=O) groups excluding carboxylic acids is 1. The van der Waals surface area contributed by atoms with Crippen molar-refractivity contribution in [1.82, 2.24) is 0 Å². The Hall–Kier alpha value is -0.630. The van der Waals surface area contributed by atoms with Crippen LogP contribution in [0.3, 0.4) is 0 Å². The molecule has 0 amide bonds. The second-order valence-corrected chi connectivity index (χ2v) is 2.45. The van der Waals surface area contributed by atoms with Crippen LogP contribution in [0.2, 0.25) is 0 Å². The molecule has 1 N–H and O–H groups in total. The van der Waals surface area contributed by atoms with Crippen LogP contribution in [0.5, 0.6) is 0 Å². The van der Waals surface area contributed by atoms with Gasteiger partial charge in [0.05, 0.1) is 0 Å². The van der Waals surface area contributed by atoms with Gasteiger partial charge in [0.25, 0.3) is 0 Å². The van der Waals surface area contributed by atoms with E-state index in [-0.39, 0.29) is 5.78 Å². The summed E-state index contributed by atoms with van der Waals surface area (Å²) in [6, 6.07) is 0. The quantitative estimate of drug-likeness (QED) is 0.517. The van der Waals surface area contributed by atoms with Crippen LogP contribution in [-0.4, -0.2) is 17.0 Å². The third kappa shape index (κ3) is 1.39. The highest BCUT2D eigenvalue weighted by Crippen LogP contribution is 2.13. The molecule has 0 saturated carbocycles. The molecular weight excluding hydrogens is 116 g/mol. The van der Waals surface area contributed by atoms with Gasteiger partial charge < -0.3 is 5.11 Å². The Bertz CT molecular complexity index is 158. The minimum Gasteiger partial charge on any atom is -0.385 e. The van der Waals surface area contributed by atoms with Gasteiger partial charge in [0, 0.05) is 0 Å². The Morgan fingerprint density at radius 1 is 1.78 bits per heavy atom. The first-order chi connectivity index (χ1) is 4.20. The van der Waals surface area contributed by atoms with Crippen LogP contribution in [0.15, 0.2) is 11.6 Å². The number of hydrogen-bond acceptors (Lipinski definition) is 2. The van der Waals surface area contributed by atoms with Gasteiger partial charge in [-0.15, -0.1) is 0 Å². The van der Waals surface area contributed by atoms with Gasteiger partial charge in [0.15, 0.2) is 5.78 Å². The first-order valence-corrected chi connectivity index (χ1v) is 3.09. The monoisotopic (exact) mass is 126 g/mol. The topological polar surface area (TPSA) is 37.3 Å². The normalized spacial score (nSPS) is 28.0. The SMILES string of the molecule is CC1=CC(=O)[C@H](O)CC1. The molecule has 0 aromatic rings. The molecule has 0 heterocycles. The third-order valence-corrected chi connectivity index (χ3v) is 1.53. The zero-order valence-corrected chi connectivity index (χ0v) is 5.42. The summed E-state index contributed by atoms with van der Waals surface area (Å²) in [6.07, 6.45) is 2.25. The van der Waals surface area contributed by atoms with Crippen molar-refractivity contribution in [2.45, 2.75) is 25.9 Å². The lowest BCUT2D eigenvalue weighted by molar-refractivity contribution is -0.123. The van der Waals surface area contributed by atoms with E-state index in [0.29, 0.717) is 6.42 Å². The lowest BCUT2D eigenvalue weighted by Gasteiger charge is -2.12. The minimum absolute atomic E-state index is 0.140. The van der Waals surface area contributed by atoms with E-state index in [1.54, 1.807) is 0 Å². The molecule has 9 heavy (non-hydrogen) atoms. The molecule has 1 rings (SSSR count). The summed E-state index contributed by atoms with van der Waals surface area (Å²) in [5.41, 5.74) is 1.07. The highest BCUT2D eigenvalue weighted by molar-refractivity contribution is 5.94. The van der Waals surface area contributed by atoms with E-state index in [2.05, 4.69) is 0 Å². The van der Waals surface area contributed by atoms with Crippen LogP contribution in [0.1, 0.15) is 19.8 Å². The average molecular weight is 126 g/mol. The molecule has 2 heteroatoms. The van der Waals surface area contributed by atoms with Crippen molar-refractivity contribution < 1.29 is 9.90 Å². The van der Waals surface area contributed by atoms with Gasteiger partial charge in [0.2, 0.25) is 0 Å².